The molecule has 0 aromatic heterocycles. The standard InChI is InChI=1S/C7H9O2PS/c1-10(8,11)9-7-5-3-2-4-6-7/h2-6H,1H3,(H,8,11). The minimum absolute atomic E-state index is 0.626. The van der Waals surface area contributed by atoms with Crippen LogP contribution in [0.5, 0.6) is 5.75 Å². The lowest BCUT2D eigenvalue weighted by molar-refractivity contribution is 0.490. The summed E-state index contributed by atoms with van der Waals surface area (Å²) in [4.78, 5) is 9.17. The van der Waals surface area contributed by atoms with Crippen molar-refractivity contribution >= 4 is 18.3 Å². The summed E-state index contributed by atoms with van der Waals surface area (Å²) in [6, 6.07) is 9.07. The van der Waals surface area contributed by atoms with Gasteiger partial charge in [-0.05, 0) is 23.9 Å². The van der Waals surface area contributed by atoms with Crippen molar-refractivity contribution in [2.45, 2.75) is 0 Å². The normalized spacial score (nSPS) is 15.5. The smallest absolute Gasteiger partial charge is 0.232 e. The van der Waals surface area contributed by atoms with Gasteiger partial charge in [-0.2, -0.15) is 0 Å². The minimum Gasteiger partial charge on any atom is -0.444 e. The largest absolute Gasteiger partial charge is 0.444 e. The maximum Gasteiger partial charge on any atom is 0.232 e. The first-order valence-electron chi connectivity index (χ1n) is 3.13. The van der Waals surface area contributed by atoms with Gasteiger partial charge >= 0.3 is 0 Å². The fraction of sp³-hybridized carbons (Fsp3) is 0.143. The first-order chi connectivity index (χ1) is 5.08. The van der Waals surface area contributed by atoms with Crippen molar-refractivity contribution in [3.8, 4) is 5.75 Å². The fourth-order valence-corrected chi connectivity index (χ4v) is 1.45. The molecule has 0 amide bonds. The van der Waals surface area contributed by atoms with E-state index in [0.29, 0.717) is 5.75 Å². The Morgan fingerprint density at radius 1 is 1.36 bits per heavy atom. The van der Waals surface area contributed by atoms with Crippen LogP contribution < -0.4 is 4.52 Å². The highest BCUT2D eigenvalue weighted by Gasteiger charge is 2.04. The third-order valence-corrected chi connectivity index (χ3v) is 1.79. The Morgan fingerprint density at radius 3 is 2.36 bits per heavy atom. The van der Waals surface area contributed by atoms with E-state index < -0.39 is 6.49 Å². The van der Waals surface area contributed by atoms with Gasteiger partial charge in [0, 0.05) is 6.66 Å². The summed E-state index contributed by atoms with van der Waals surface area (Å²) < 4.78 is 5.08. The molecule has 0 fully saturated rings. The molecule has 0 aliphatic rings. The lowest BCUT2D eigenvalue weighted by Gasteiger charge is -2.10. The molecule has 0 aliphatic heterocycles. The number of benzene rings is 1. The second-order valence-corrected chi connectivity index (χ2v) is 6.03. The molecule has 1 aromatic carbocycles. The molecule has 0 spiro atoms. The molecule has 1 atom stereocenters. The van der Waals surface area contributed by atoms with Crippen LogP contribution in [0, 0.1) is 0 Å². The summed E-state index contributed by atoms with van der Waals surface area (Å²) in [7, 11) is 0. The van der Waals surface area contributed by atoms with Gasteiger partial charge in [-0.15, -0.1) is 0 Å². The SMILES string of the molecule is CP(O)(=S)Oc1ccccc1. The van der Waals surface area contributed by atoms with E-state index in [1.54, 1.807) is 12.1 Å². The van der Waals surface area contributed by atoms with Crippen LogP contribution >= 0.6 is 6.49 Å². The molecule has 2 nitrogen and oxygen atoms in total. The van der Waals surface area contributed by atoms with Gasteiger partial charge in [-0.1, -0.05) is 18.2 Å². The van der Waals surface area contributed by atoms with E-state index in [-0.39, 0.29) is 0 Å². The highest BCUT2D eigenvalue weighted by molar-refractivity contribution is 8.09. The Labute approximate surface area is 71.0 Å². The molecule has 1 rings (SSSR count). The fourth-order valence-electron chi connectivity index (χ4n) is 0.677. The Bertz CT molecular complexity index is 267. The highest BCUT2D eigenvalue weighted by atomic mass is 32.5. The molecule has 1 aromatic rings. The zero-order valence-corrected chi connectivity index (χ0v) is 7.81. The van der Waals surface area contributed by atoms with E-state index >= 15 is 0 Å². The lowest BCUT2D eigenvalue weighted by atomic mass is 10.3. The van der Waals surface area contributed by atoms with Gasteiger partial charge in [0.1, 0.15) is 5.75 Å². The van der Waals surface area contributed by atoms with E-state index in [4.69, 9.17) is 16.3 Å². The Hall–Kier alpha value is -0.370. The Kier molecular flexibility index (Phi) is 2.66. The van der Waals surface area contributed by atoms with Crippen LogP contribution in [0.3, 0.4) is 0 Å². The first kappa shape index (κ1) is 8.72. The lowest BCUT2D eigenvalue weighted by Crippen LogP contribution is -1.87. The van der Waals surface area contributed by atoms with Crippen LogP contribution in [0.15, 0.2) is 30.3 Å². The predicted octanol–water partition coefficient (Wildman–Crippen LogP) is 2.00. The summed E-state index contributed by atoms with van der Waals surface area (Å²) in [5.74, 6) is 0.626. The Morgan fingerprint density at radius 2 is 1.91 bits per heavy atom. The average molecular weight is 188 g/mol. The van der Waals surface area contributed by atoms with Crippen molar-refractivity contribution in [1.82, 2.24) is 0 Å². The van der Waals surface area contributed by atoms with Gasteiger partial charge in [-0.3, -0.25) is 0 Å². The second kappa shape index (κ2) is 3.35. The van der Waals surface area contributed by atoms with Crippen molar-refractivity contribution in [1.29, 1.82) is 0 Å². The van der Waals surface area contributed by atoms with Gasteiger partial charge in [0.2, 0.25) is 6.49 Å². The number of hydrogen-bond acceptors (Lipinski definition) is 2. The maximum atomic E-state index is 9.17. The zero-order chi connectivity index (χ0) is 8.32. The third-order valence-electron chi connectivity index (χ3n) is 1.02. The molecule has 1 unspecified atom stereocenters. The van der Waals surface area contributed by atoms with Gasteiger partial charge in [0.15, 0.2) is 0 Å². The molecule has 0 saturated carbocycles. The maximum absolute atomic E-state index is 9.17. The van der Waals surface area contributed by atoms with E-state index in [9.17, 15) is 4.89 Å². The van der Waals surface area contributed by atoms with Gasteiger partial charge in [-0.25, -0.2) is 0 Å². The number of rotatable bonds is 2. The molecular weight excluding hydrogens is 179 g/mol. The van der Waals surface area contributed by atoms with E-state index in [1.807, 2.05) is 18.2 Å². The summed E-state index contributed by atoms with van der Waals surface area (Å²) in [5, 5.41) is 0. The molecule has 0 radical (unpaired) electrons. The summed E-state index contributed by atoms with van der Waals surface area (Å²) >= 11 is 4.71. The van der Waals surface area contributed by atoms with Crippen LogP contribution in [0.25, 0.3) is 0 Å². The average Bonchev–Trinajstić information content (AvgIpc) is 1.85. The second-order valence-electron chi connectivity index (χ2n) is 2.21. The van der Waals surface area contributed by atoms with Crippen molar-refractivity contribution in [2.75, 3.05) is 6.66 Å². The van der Waals surface area contributed by atoms with E-state index in [2.05, 4.69) is 0 Å². The highest BCUT2D eigenvalue weighted by Crippen LogP contribution is 2.38. The van der Waals surface area contributed by atoms with Crippen LogP contribution in [0.4, 0.5) is 0 Å². The molecule has 11 heavy (non-hydrogen) atoms. The minimum atomic E-state index is -2.55. The van der Waals surface area contributed by atoms with Crippen LogP contribution in [-0.2, 0) is 11.8 Å². The van der Waals surface area contributed by atoms with E-state index in [1.165, 1.54) is 6.66 Å². The summed E-state index contributed by atoms with van der Waals surface area (Å²) in [6.45, 7) is -1.03. The first-order valence-corrected chi connectivity index (χ1v) is 6.25. The molecule has 0 saturated heterocycles. The zero-order valence-electron chi connectivity index (χ0n) is 6.10. The predicted molar refractivity (Wildman–Crippen MR) is 49.5 cm³/mol. The van der Waals surface area contributed by atoms with Crippen molar-refractivity contribution < 1.29 is 9.42 Å². The number of para-hydroxylation sites is 1. The van der Waals surface area contributed by atoms with Crippen LogP contribution in [-0.4, -0.2) is 11.6 Å². The molecule has 4 heteroatoms. The van der Waals surface area contributed by atoms with Gasteiger partial charge in [0.05, 0.1) is 0 Å². The third kappa shape index (κ3) is 3.51. The van der Waals surface area contributed by atoms with Gasteiger partial charge in [0.25, 0.3) is 0 Å². The van der Waals surface area contributed by atoms with Crippen LogP contribution in [0.1, 0.15) is 0 Å². The summed E-state index contributed by atoms with van der Waals surface area (Å²) in [5.41, 5.74) is 0. The van der Waals surface area contributed by atoms with Crippen molar-refractivity contribution in [3.63, 3.8) is 0 Å². The van der Waals surface area contributed by atoms with Gasteiger partial charge < -0.3 is 9.42 Å². The monoisotopic (exact) mass is 188 g/mol. The molecule has 1 N–H and O–H groups in total. The summed E-state index contributed by atoms with van der Waals surface area (Å²) in [6.07, 6.45) is 0. The quantitative estimate of drug-likeness (QED) is 0.720. The topological polar surface area (TPSA) is 29.5 Å². The molecule has 0 aliphatic carbocycles. The van der Waals surface area contributed by atoms with Crippen LogP contribution in [0.2, 0.25) is 0 Å². The number of hydrogen-bond donors (Lipinski definition) is 1. The van der Waals surface area contributed by atoms with Crippen molar-refractivity contribution in [2.24, 2.45) is 0 Å². The van der Waals surface area contributed by atoms with E-state index in [0.717, 1.165) is 0 Å². The molecular formula is C7H9O2PS. The Balaban J connectivity index is 2.74. The molecule has 0 bridgehead atoms. The molecule has 60 valence electrons. The van der Waals surface area contributed by atoms with Crippen molar-refractivity contribution in [3.05, 3.63) is 30.3 Å². The molecule has 0 heterocycles.